The van der Waals surface area contributed by atoms with Crippen LogP contribution in [0.15, 0.2) is 42.5 Å². The molecule has 0 spiro atoms. The Balaban J connectivity index is 1.57. The predicted octanol–water partition coefficient (Wildman–Crippen LogP) is 3.04. The Labute approximate surface area is 154 Å². The zero-order chi connectivity index (χ0) is 19.6. The van der Waals surface area contributed by atoms with Crippen molar-refractivity contribution in [2.45, 2.75) is 18.9 Å². The van der Waals surface area contributed by atoms with Crippen molar-refractivity contribution in [1.29, 1.82) is 0 Å². The number of amides is 1. The van der Waals surface area contributed by atoms with E-state index in [-0.39, 0.29) is 12.1 Å². The number of fused-ring (bicyclic) bond motifs is 1. The van der Waals surface area contributed by atoms with E-state index in [1.54, 1.807) is 0 Å². The molecule has 1 atom stereocenters. The second kappa shape index (κ2) is 7.48. The second-order valence-corrected chi connectivity index (χ2v) is 6.36. The van der Waals surface area contributed by atoms with E-state index in [2.05, 4.69) is 15.0 Å². The van der Waals surface area contributed by atoms with Gasteiger partial charge in [0.2, 0.25) is 0 Å². The standard InChI is InChI=1S/C19H19F3N2O3/c1-24-9-8-13-10-14(4-7-16(13)24)17(25)11-23-18(26)12-2-5-15(6-3-12)27-19(20,21)22/h2-7,10,17,25H,8-9,11H2,1H3,(H,23,26). The van der Waals surface area contributed by atoms with Crippen LogP contribution in [0.25, 0.3) is 0 Å². The summed E-state index contributed by atoms with van der Waals surface area (Å²) in [5, 5.41) is 12.9. The molecular formula is C19H19F3N2O3. The molecule has 2 N–H and O–H groups in total. The zero-order valence-corrected chi connectivity index (χ0v) is 14.6. The van der Waals surface area contributed by atoms with Gasteiger partial charge in [-0.1, -0.05) is 12.1 Å². The first-order valence-corrected chi connectivity index (χ1v) is 8.39. The minimum atomic E-state index is -4.78. The van der Waals surface area contributed by atoms with Crippen molar-refractivity contribution in [3.63, 3.8) is 0 Å². The van der Waals surface area contributed by atoms with Crippen LogP contribution in [0.4, 0.5) is 18.9 Å². The van der Waals surface area contributed by atoms with Gasteiger partial charge >= 0.3 is 6.36 Å². The maximum atomic E-state index is 12.1. The number of ether oxygens (including phenoxy) is 1. The number of anilines is 1. The fourth-order valence-corrected chi connectivity index (χ4v) is 3.01. The van der Waals surface area contributed by atoms with Gasteiger partial charge in [0, 0.05) is 31.4 Å². The molecule has 0 saturated carbocycles. The molecule has 1 aliphatic heterocycles. The molecule has 144 valence electrons. The Morgan fingerprint density at radius 2 is 1.96 bits per heavy atom. The van der Waals surface area contributed by atoms with Gasteiger partial charge in [-0.15, -0.1) is 13.2 Å². The Hall–Kier alpha value is -2.74. The highest BCUT2D eigenvalue weighted by Crippen LogP contribution is 2.29. The average molecular weight is 380 g/mol. The molecule has 3 rings (SSSR count). The van der Waals surface area contributed by atoms with E-state index < -0.39 is 24.1 Å². The molecule has 0 aliphatic carbocycles. The van der Waals surface area contributed by atoms with Gasteiger partial charge in [0.05, 0.1) is 6.10 Å². The average Bonchev–Trinajstić information content (AvgIpc) is 2.99. The number of alkyl halides is 3. The quantitative estimate of drug-likeness (QED) is 0.837. The number of likely N-dealkylation sites (N-methyl/N-ethyl adjacent to an activating group) is 1. The summed E-state index contributed by atoms with van der Waals surface area (Å²) in [6.45, 7) is 0.925. The number of aliphatic hydroxyl groups excluding tert-OH is 1. The molecule has 1 unspecified atom stereocenters. The number of halogens is 3. The highest BCUT2D eigenvalue weighted by atomic mass is 19.4. The van der Waals surface area contributed by atoms with Crippen LogP contribution < -0.4 is 15.0 Å². The molecular weight excluding hydrogens is 361 g/mol. The van der Waals surface area contributed by atoms with Gasteiger partial charge in [-0.25, -0.2) is 0 Å². The van der Waals surface area contributed by atoms with Crippen LogP contribution in [0.5, 0.6) is 5.75 Å². The third kappa shape index (κ3) is 4.71. The Kier molecular flexibility index (Phi) is 5.27. The topological polar surface area (TPSA) is 61.8 Å². The molecule has 8 heteroatoms. The molecule has 0 bridgehead atoms. The third-order valence-electron chi connectivity index (χ3n) is 4.42. The summed E-state index contributed by atoms with van der Waals surface area (Å²) in [6.07, 6.45) is -4.75. The lowest BCUT2D eigenvalue weighted by molar-refractivity contribution is -0.274. The third-order valence-corrected chi connectivity index (χ3v) is 4.42. The molecule has 2 aromatic rings. The normalized spacial score (nSPS) is 14.6. The molecule has 0 radical (unpaired) electrons. The van der Waals surface area contributed by atoms with Gasteiger partial charge < -0.3 is 20.1 Å². The van der Waals surface area contributed by atoms with Gasteiger partial charge in [-0.3, -0.25) is 4.79 Å². The van der Waals surface area contributed by atoms with Crippen molar-refractivity contribution < 1.29 is 27.8 Å². The van der Waals surface area contributed by atoms with E-state index in [0.29, 0.717) is 5.56 Å². The first kappa shape index (κ1) is 19.0. The van der Waals surface area contributed by atoms with Crippen LogP contribution in [0.3, 0.4) is 0 Å². The Morgan fingerprint density at radius 1 is 1.26 bits per heavy atom. The second-order valence-electron chi connectivity index (χ2n) is 6.36. The lowest BCUT2D eigenvalue weighted by Crippen LogP contribution is -2.28. The predicted molar refractivity (Wildman–Crippen MR) is 93.8 cm³/mol. The van der Waals surface area contributed by atoms with Gasteiger partial charge in [0.25, 0.3) is 5.91 Å². The largest absolute Gasteiger partial charge is 0.573 e. The molecule has 0 aromatic heterocycles. The Morgan fingerprint density at radius 3 is 2.63 bits per heavy atom. The Bertz CT molecular complexity index is 822. The SMILES string of the molecule is CN1CCc2cc(C(O)CNC(=O)c3ccc(OC(F)(F)F)cc3)ccc21. The van der Waals surface area contributed by atoms with Crippen LogP contribution in [-0.2, 0) is 6.42 Å². The molecule has 27 heavy (non-hydrogen) atoms. The fourth-order valence-electron chi connectivity index (χ4n) is 3.01. The van der Waals surface area contributed by atoms with Gasteiger partial charge in [-0.2, -0.15) is 0 Å². The number of hydrogen-bond acceptors (Lipinski definition) is 4. The summed E-state index contributed by atoms with van der Waals surface area (Å²) in [6, 6.07) is 10.3. The van der Waals surface area contributed by atoms with Crippen molar-refractivity contribution in [3.05, 3.63) is 59.2 Å². The number of aliphatic hydroxyl groups is 1. The summed E-state index contributed by atoms with van der Waals surface area (Å²) in [4.78, 5) is 14.3. The molecule has 5 nitrogen and oxygen atoms in total. The maximum Gasteiger partial charge on any atom is 0.573 e. The van der Waals surface area contributed by atoms with E-state index in [1.165, 1.54) is 12.1 Å². The minimum Gasteiger partial charge on any atom is -0.406 e. The van der Waals surface area contributed by atoms with Crippen LogP contribution in [-0.4, -0.2) is 37.5 Å². The molecule has 2 aromatic carbocycles. The van der Waals surface area contributed by atoms with Gasteiger partial charge in [-0.05, 0) is 47.9 Å². The molecule has 0 fully saturated rings. The van der Waals surface area contributed by atoms with Crippen molar-refractivity contribution in [2.24, 2.45) is 0 Å². The van der Waals surface area contributed by atoms with Crippen molar-refractivity contribution in [2.75, 3.05) is 25.0 Å². The first-order valence-electron chi connectivity index (χ1n) is 8.39. The number of carbonyl (C=O) groups excluding carboxylic acids is 1. The van der Waals surface area contributed by atoms with Crippen LogP contribution in [0.2, 0.25) is 0 Å². The molecule has 1 aliphatic rings. The smallest absolute Gasteiger partial charge is 0.406 e. The number of benzene rings is 2. The lowest BCUT2D eigenvalue weighted by atomic mass is 10.0. The van der Waals surface area contributed by atoms with Crippen molar-refractivity contribution in [1.82, 2.24) is 5.32 Å². The van der Waals surface area contributed by atoms with Gasteiger partial charge in [0.1, 0.15) is 5.75 Å². The van der Waals surface area contributed by atoms with Gasteiger partial charge in [0.15, 0.2) is 0 Å². The summed E-state index contributed by atoms with van der Waals surface area (Å²) >= 11 is 0. The van der Waals surface area contributed by atoms with Crippen LogP contribution >= 0.6 is 0 Å². The van der Waals surface area contributed by atoms with E-state index in [9.17, 15) is 23.1 Å². The minimum absolute atomic E-state index is 0.00569. The highest BCUT2D eigenvalue weighted by molar-refractivity contribution is 5.94. The number of rotatable bonds is 5. The van der Waals surface area contributed by atoms with E-state index in [4.69, 9.17) is 0 Å². The molecule has 1 heterocycles. The van der Waals surface area contributed by atoms with Crippen LogP contribution in [0.1, 0.15) is 27.6 Å². The maximum absolute atomic E-state index is 12.1. The van der Waals surface area contributed by atoms with Crippen molar-refractivity contribution >= 4 is 11.6 Å². The highest BCUT2D eigenvalue weighted by Gasteiger charge is 2.31. The monoisotopic (exact) mass is 380 g/mol. The number of hydrogen-bond donors (Lipinski definition) is 2. The zero-order valence-electron chi connectivity index (χ0n) is 14.6. The van der Waals surface area contributed by atoms with E-state index in [0.717, 1.165) is 36.3 Å². The number of nitrogens with one attached hydrogen (secondary N) is 1. The van der Waals surface area contributed by atoms with Crippen LogP contribution in [0, 0.1) is 0 Å². The first-order chi connectivity index (χ1) is 12.7. The summed E-state index contributed by atoms with van der Waals surface area (Å²) in [5.41, 5.74) is 3.17. The van der Waals surface area contributed by atoms with E-state index >= 15 is 0 Å². The summed E-state index contributed by atoms with van der Waals surface area (Å²) in [5.74, 6) is -0.893. The summed E-state index contributed by atoms with van der Waals surface area (Å²) < 4.78 is 40.2. The molecule has 0 saturated heterocycles. The lowest BCUT2D eigenvalue weighted by Gasteiger charge is -2.15. The number of nitrogens with zero attached hydrogens (tertiary/aromatic N) is 1. The van der Waals surface area contributed by atoms with E-state index in [1.807, 2.05) is 25.2 Å². The number of carbonyl (C=O) groups is 1. The van der Waals surface area contributed by atoms with Crippen molar-refractivity contribution in [3.8, 4) is 5.75 Å². The summed E-state index contributed by atoms with van der Waals surface area (Å²) in [7, 11) is 2.01. The fraction of sp³-hybridized carbons (Fsp3) is 0.316. The molecule has 1 amide bonds.